The van der Waals surface area contributed by atoms with E-state index in [-0.39, 0.29) is 11.8 Å². The summed E-state index contributed by atoms with van der Waals surface area (Å²) in [5.41, 5.74) is 5.39. The molecule has 1 aliphatic heterocycles. The van der Waals surface area contributed by atoms with Crippen molar-refractivity contribution in [3.05, 3.63) is 88.7 Å². The van der Waals surface area contributed by atoms with Crippen molar-refractivity contribution < 1.29 is 9.31 Å². The summed E-state index contributed by atoms with van der Waals surface area (Å²) in [6, 6.07) is 16.5. The Morgan fingerprint density at radius 1 is 1.08 bits per heavy atom. The van der Waals surface area contributed by atoms with Crippen molar-refractivity contribution in [2.75, 3.05) is 14.1 Å². The molecule has 0 fully saturated rings. The van der Waals surface area contributed by atoms with E-state index in [2.05, 4.69) is 66.1 Å². The second-order valence-corrected chi connectivity index (χ2v) is 7.11. The number of allylic oxidation sites excluding steroid dienone is 3. The number of nitriles is 1. The Bertz CT molecular complexity index is 999. The van der Waals surface area contributed by atoms with Crippen molar-refractivity contribution in [2.24, 2.45) is 5.92 Å². The SMILES string of the molecule is Cc1ccc2c(c1)OC1=CC(=[N+](C)C)C=CC1C2c1ccc(C#N)cc1. The summed E-state index contributed by atoms with van der Waals surface area (Å²) in [7, 11) is 4.08. The van der Waals surface area contributed by atoms with Gasteiger partial charge in [-0.2, -0.15) is 5.26 Å². The average molecular weight is 341 g/mol. The summed E-state index contributed by atoms with van der Waals surface area (Å²) in [5.74, 6) is 2.24. The van der Waals surface area contributed by atoms with E-state index in [0.29, 0.717) is 5.56 Å². The maximum atomic E-state index is 9.10. The quantitative estimate of drug-likeness (QED) is 0.730. The van der Waals surface area contributed by atoms with Crippen LogP contribution in [0.15, 0.2) is 66.5 Å². The molecule has 2 aromatic rings. The molecule has 0 amide bonds. The Balaban J connectivity index is 1.88. The van der Waals surface area contributed by atoms with E-state index in [4.69, 9.17) is 10.00 Å². The molecule has 3 heteroatoms. The molecule has 0 saturated heterocycles. The number of hydrogen-bond acceptors (Lipinski definition) is 2. The number of rotatable bonds is 1. The van der Waals surface area contributed by atoms with E-state index in [1.807, 2.05) is 26.2 Å². The topological polar surface area (TPSA) is 36.0 Å². The van der Waals surface area contributed by atoms with Crippen LogP contribution in [0, 0.1) is 24.2 Å². The molecule has 1 aliphatic carbocycles. The molecule has 2 aromatic carbocycles. The Morgan fingerprint density at radius 3 is 2.54 bits per heavy atom. The molecule has 0 aromatic heterocycles. The first kappa shape index (κ1) is 16.4. The van der Waals surface area contributed by atoms with Crippen LogP contribution >= 0.6 is 0 Å². The second kappa shape index (κ2) is 6.31. The smallest absolute Gasteiger partial charge is 0.202 e. The lowest BCUT2D eigenvalue weighted by Gasteiger charge is -2.35. The van der Waals surface area contributed by atoms with Crippen LogP contribution in [0.5, 0.6) is 5.75 Å². The standard InChI is InChI=1S/C23H21N2O/c1-15-4-10-19-21(12-15)26-22-13-18(25(2)3)9-11-20(22)23(19)17-7-5-16(14-24)6-8-17/h4-13,20,23H,1-3H3/q+1. The van der Waals surface area contributed by atoms with Gasteiger partial charge in [0.2, 0.25) is 5.71 Å². The van der Waals surface area contributed by atoms with Crippen molar-refractivity contribution >= 4 is 5.71 Å². The number of benzene rings is 2. The lowest BCUT2D eigenvalue weighted by Crippen LogP contribution is -2.27. The molecule has 2 unspecified atom stereocenters. The highest BCUT2D eigenvalue weighted by Gasteiger charge is 2.36. The summed E-state index contributed by atoms with van der Waals surface area (Å²) in [4.78, 5) is 0. The van der Waals surface area contributed by atoms with Gasteiger partial charge in [-0.25, -0.2) is 4.58 Å². The van der Waals surface area contributed by atoms with Gasteiger partial charge < -0.3 is 4.74 Å². The van der Waals surface area contributed by atoms with Gasteiger partial charge in [-0.3, -0.25) is 0 Å². The molecule has 0 saturated carbocycles. The van der Waals surface area contributed by atoms with Crippen LogP contribution in [0.25, 0.3) is 0 Å². The molecular formula is C23H21N2O+. The molecule has 0 bridgehead atoms. The number of fused-ring (bicyclic) bond motifs is 2. The van der Waals surface area contributed by atoms with Gasteiger partial charge in [0.05, 0.1) is 11.6 Å². The highest BCUT2D eigenvalue weighted by atomic mass is 16.5. The molecule has 3 nitrogen and oxygen atoms in total. The van der Waals surface area contributed by atoms with E-state index < -0.39 is 0 Å². The molecule has 4 rings (SSSR count). The number of nitrogens with zero attached hydrogens (tertiary/aromatic N) is 2. The summed E-state index contributed by atoms with van der Waals surface area (Å²) in [5, 5.41) is 9.10. The highest BCUT2D eigenvalue weighted by molar-refractivity contribution is 6.01. The molecule has 128 valence electrons. The number of hydrogen-bond donors (Lipinski definition) is 0. The first-order valence-corrected chi connectivity index (χ1v) is 8.79. The van der Waals surface area contributed by atoms with Crippen molar-refractivity contribution in [3.8, 4) is 11.8 Å². The Hall–Kier alpha value is -3.12. The minimum Gasteiger partial charge on any atom is -0.460 e. The zero-order chi connectivity index (χ0) is 18.3. The van der Waals surface area contributed by atoms with Gasteiger partial charge >= 0.3 is 0 Å². The van der Waals surface area contributed by atoms with Gasteiger partial charge in [0.15, 0.2) is 0 Å². The van der Waals surface area contributed by atoms with Crippen molar-refractivity contribution in [1.29, 1.82) is 5.26 Å². The van der Waals surface area contributed by atoms with Gasteiger partial charge in [0.25, 0.3) is 0 Å². The monoisotopic (exact) mass is 341 g/mol. The Labute approximate surface area is 154 Å². The lowest BCUT2D eigenvalue weighted by atomic mass is 9.75. The van der Waals surface area contributed by atoms with Crippen LogP contribution in [0.1, 0.15) is 28.2 Å². The van der Waals surface area contributed by atoms with Crippen molar-refractivity contribution in [3.63, 3.8) is 0 Å². The van der Waals surface area contributed by atoms with E-state index in [9.17, 15) is 0 Å². The predicted octanol–water partition coefficient (Wildman–Crippen LogP) is 4.17. The van der Waals surface area contributed by atoms with Crippen LogP contribution in [0.2, 0.25) is 0 Å². The third-order valence-electron chi connectivity index (χ3n) is 5.10. The summed E-state index contributed by atoms with van der Waals surface area (Å²) < 4.78 is 8.39. The van der Waals surface area contributed by atoms with Crippen LogP contribution < -0.4 is 4.74 Å². The Morgan fingerprint density at radius 2 is 1.85 bits per heavy atom. The van der Waals surface area contributed by atoms with E-state index in [1.54, 1.807) is 0 Å². The van der Waals surface area contributed by atoms with E-state index >= 15 is 0 Å². The van der Waals surface area contributed by atoms with Gasteiger partial charge in [-0.05, 0) is 36.2 Å². The minimum atomic E-state index is 0.154. The maximum absolute atomic E-state index is 9.10. The maximum Gasteiger partial charge on any atom is 0.202 e. The fourth-order valence-electron chi connectivity index (χ4n) is 3.70. The zero-order valence-corrected chi connectivity index (χ0v) is 15.2. The molecule has 0 spiro atoms. The normalized spacial score (nSPS) is 20.4. The van der Waals surface area contributed by atoms with Crippen LogP contribution in [0.3, 0.4) is 0 Å². The third kappa shape index (κ3) is 2.74. The van der Waals surface area contributed by atoms with Crippen molar-refractivity contribution in [1.82, 2.24) is 0 Å². The number of ether oxygens (including phenoxy) is 1. The Kier molecular flexibility index (Phi) is 3.97. The zero-order valence-electron chi connectivity index (χ0n) is 15.2. The fraction of sp³-hybridized carbons (Fsp3) is 0.217. The first-order valence-electron chi connectivity index (χ1n) is 8.79. The van der Waals surface area contributed by atoms with E-state index in [0.717, 1.165) is 17.2 Å². The van der Waals surface area contributed by atoms with Gasteiger partial charge in [0, 0.05) is 29.6 Å². The summed E-state index contributed by atoms with van der Waals surface area (Å²) in [6.45, 7) is 2.08. The molecule has 26 heavy (non-hydrogen) atoms. The highest BCUT2D eigenvalue weighted by Crippen LogP contribution is 2.47. The lowest BCUT2D eigenvalue weighted by molar-refractivity contribution is -0.462. The molecule has 0 radical (unpaired) electrons. The van der Waals surface area contributed by atoms with Crippen LogP contribution in [-0.4, -0.2) is 24.4 Å². The van der Waals surface area contributed by atoms with Gasteiger partial charge in [-0.1, -0.05) is 30.3 Å². The van der Waals surface area contributed by atoms with Crippen LogP contribution in [0.4, 0.5) is 0 Å². The van der Waals surface area contributed by atoms with Gasteiger partial charge in [0.1, 0.15) is 25.6 Å². The fourth-order valence-corrected chi connectivity index (χ4v) is 3.70. The molecular weight excluding hydrogens is 320 g/mol. The molecule has 2 aliphatic rings. The average Bonchev–Trinajstić information content (AvgIpc) is 2.65. The van der Waals surface area contributed by atoms with Gasteiger partial charge in [-0.15, -0.1) is 0 Å². The second-order valence-electron chi connectivity index (χ2n) is 7.11. The molecule has 2 atom stereocenters. The molecule has 0 N–H and O–H groups in total. The summed E-state index contributed by atoms with van der Waals surface area (Å²) >= 11 is 0. The third-order valence-corrected chi connectivity index (χ3v) is 5.10. The molecule has 1 heterocycles. The van der Waals surface area contributed by atoms with Crippen molar-refractivity contribution in [2.45, 2.75) is 12.8 Å². The number of aryl methyl sites for hydroxylation is 1. The summed E-state index contributed by atoms with van der Waals surface area (Å²) in [6.07, 6.45) is 6.52. The van der Waals surface area contributed by atoms with Crippen LogP contribution in [-0.2, 0) is 0 Å². The first-order chi connectivity index (χ1) is 12.6. The predicted molar refractivity (Wildman–Crippen MR) is 103 cm³/mol. The minimum absolute atomic E-state index is 0.154. The van der Waals surface area contributed by atoms with E-state index in [1.165, 1.54) is 16.7 Å². The largest absolute Gasteiger partial charge is 0.460 e.